The first-order valence-electron chi connectivity index (χ1n) is 12.0. The molecular formula is C28H32N4O5. The van der Waals surface area contributed by atoms with E-state index in [1.807, 2.05) is 54.2 Å². The van der Waals surface area contributed by atoms with Gasteiger partial charge < -0.3 is 23.7 Å². The molecule has 0 spiro atoms. The third-order valence-electron chi connectivity index (χ3n) is 6.42. The number of aryl methyl sites for hydroxylation is 1. The minimum Gasteiger partial charge on any atom is -0.497 e. The van der Waals surface area contributed by atoms with E-state index in [1.54, 1.807) is 45.6 Å². The Balaban J connectivity index is 1.64. The highest BCUT2D eigenvalue weighted by Gasteiger charge is 2.36. The largest absolute Gasteiger partial charge is 0.497 e. The van der Waals surface area contributed by atoms with Crippen LogP contribution in [0.1, 0.15) is 34.1 Å². The Morgan fingerprint density at radius 2 is 1.76 bits per heavy atom. The molecule has 0 unspecified atom stereocenters. The molecule has 2 amide bonds. The van der Waals surface area contributed by atoms with Crippen LogP contribution in [0.25, 0.3) is 0 Å². The quantitative estimate of drug-likeness (QED) is 0.422. The maximum Gasteiger partial charge on any atom is 0.262 e. The average Bonchev–Trinajstić information content (AvgIpc) is 3.56. The number of nitrogens with zero attached hydrogens (tertiary/aromatic N) is 4. The van der Waals surface area contributed by atoms with Crippen LogP contribution in [-0.4, -0.2) is 73.0 Å². The maximum absolute atomic E-state index is 13.8. The lowest BCUT2D eigenvalue weighted by atomic mass is 9.99. The fraction of sp³-hybridized carbons (Fsp3) is 0.321. The van der Waals surface area contributed by atoms with Gasteiger partial charge in [0.2, 0.25) is 0 Å². The second-order valence-corrected chi connectivity index (χ2v) is 8.70. The van der Waals surface area contributed by atoms with Crippen molar-refractivity contribution in [2.24, 2.45) is 12.1 Å². The number of amides is 2. The van der Waals surface area contributed by atoms with E-state index < -0.39 is 0 Å². The molecule has 2 heterocycles. The van der Waals surface area contributed by atoms with Gasteiger partial charge in [0, 0.05) is 44.4 Å². The zero-order chi connectivity index (χ0) is 26.4. The monoisotopic (exact) mass is 504 g/mol. The minimum atomic E-state index is -0.367. The fourth-order valence-electron chi connectivity index (χ4n) is 4.45. The third kappa shape index (κ3) is 5.67. The van der Waals surface area contributed by atoms with Gasteiger partial charge in [-0.1, -0.05) is 18.2 Å². The van der Waals surface area contributed by atoms with Gasteiger partial charge in [-0.3, -0.25) is 9.59 Å². The van der Waals surface area contributed by atoms with Crippen molar-refractivity contribution in [1.29, 1.82) is 0 Å². The molecule has 0 saturated carbocycles. The molecule has 0 aliphatic carbocycles. The number of hydrogen-bond donors (Lipinski definition) is 0. The molecule has 2 aromatic carbocycles. The van der Waals surface area contributed by atoms with Crippen LogP contribution in [0.4, 0.5) is 0 Å². The predicted molar refractivity (Wildman–Crippen MR) is 140 cm³/mol. The molecule has 1 aromatic heterocycles. The molecule has 0 N–H and O–H groups in total. The first-order valence-corrected chi connectivity index (χ1v) is 12.0. The average molecular weight is 505 g/mol. The number of carbonyl (C=O) groups excluding carboxylic acids is 2. The van der Waals surface area contributed by atoms with Gasteiger partial charge in [0.25, 0.3) is 11.8 Å². The van der Waals surface area contributed by atoms with Crippen LogP contribution in [0.15, 0.2) is 72.0 Å². The molecule has 1 atom stereocenters. The minimum absolute atomic E-state index is 0.149. The number of carbonyl (C=O) groups is 2. The summed E-state index contributed by atoms with van der Waals surface area (Å²) < 4.78 is 18.0. The molecule has 37 heavy (non-hydrogen) atoms. The summed E-state index contributed by atoms with van der Waals surface area (Å²) in [5.41, 5.74) is 3.04. The summed E-state index contributed by atoms with van der Waals surface area (Å²) in [5.74, 6) is 0.764. The normalized spacial score (nSPS) is 14.9. The highest BCUT2D eigenvalue weighted by atomic mass is 16.5. The number of hydrogen-bond acceptors (Lipinski definition) is 6. The molecule has 1 aliphatic heterocycles. The van der Waals surface area contributed by atoms with Crippen molar-refractivity contribution < 1.29 is 23.8 Å². The van der Waals surface area contributed by atoms with Crippen LogP contribution in [-0.2, 0) is 16.6 Å². The van der Waals surface area contributed by atoms with Gasteiger partial charge in [-0.25, -0.2) is 5.01 Å². The third-order valence-corrected chi connectivity index (χ3v) is 6.42. The van der Waals surface area contributed by atoms with Crippen LogP contribution >= 0.6 is 0 Å². The van der Waals surface area contributed by atoms with E-state index in [0.717, 1.165) is 17.0 Å². The van der Waals surface area contributed by atoms with Crippen LogP contribution in [0.5, 0.6) is 11.5 Å². The van der Waals surface area contributed by atoms with E-state index >= 15 is 0 Å². The summed E-state index contributed by atoms with van der Waals surface area (Å²) in [6.07, 6.45) is 2.47. The van der Waals surface area contributed by atoms with E-state index in [1.165, 1.54) is 9.91 Å². The number of ether oxygens (including phenoxy) is 3. The highest BCUT2D eigenvalue weighted by molar-refractivity contribution is 6.03. The van der Waals surface area contributed by atoms with Crippen molar-refractivity contribution in [3.05, 3.63) is 83.7 Å². The molecule has 0 radical (unpaired) electrons. The van der Waals surface area contributed by atoms with Crippen LogP contribution in [0.2, 0.25) is 0 Å². The van der Waals surface area contributed by atoms with Gasteiger partial charge in [-0.15, -0.1) is 0 Å². The molecule has 0 fully saturated rings. The van der Waals surface area contributed by atoms with E-state index in [-0.39, 0.29) is 30.9 Å². The first-order chi connectivity index (χ1) is 18.0. The topological polar surface area (TPSA) is 85.6 Å². The molecule has 9 nitrogen and oxygen atoms in total. The van der Waals surface area contributed by atoms with E-state index in [9.17, 15) is 9.59 Å². The molecule has 9 heteroatoms. The van der Waals surface area contributed by atoms with Crippen molar-refractivity contribution in [2.45, 2.75) is 12.5 Å². The predicted octanol–water partition coefficient (Wildman–Crippen LogP) is 3.51. The second-order valence-electron chi connectivity index (χ2n) is 8.70. The van der Waals surface area contributed by atoms with Gasteiger partial charge in [0.15, 0.2) is 0 Å². The Labute approximate surface area is 216 Å². The molecule has 4 rings (SSSR count). The lowest BCUT2D eigenvalue weighted by molar-refractivity contribution is -0.133. The number of para-hydroxylation sites is 1. The zero-order valence-electron chi connectivity index (χ0n) is 21.6. The Morgan fingerprint density at radius 3 is 2.41 bits per heavy atom. The van der Waals surface area contributed by atoms with Gasteiger partial charge in [0.05, 0.1) is 38.3 Å². The van der Waals surface area contributed by atoms with Crippen molar-refractivity contribution >= 4 is 17.5 Å². The summed E-state index contributed by atoms with van der Waals surface area (Å²) in [6, 6.07) is 18.0. The molecular weight excluding hydrogens is 472 g/mol. The van der Waals surface area contributed by atoms with E-state index in [2.05, 4.69) is 0 Å². The lowest BCUT2D eigenvalue weighted by Crippen LogP contribution is -2.42. The summed E-state index contributed by atoms with van der Waals surface area (Å²) in [4.78, 5) is 28.6. The van der Waals surface area contributed by atoms with E-state index in [4.69, 9.17) is 19.3 Å². The van der Waals surface area contributed by atoms with Crippen LogP contribution in [0.3, 0.4) is 0 Å². The molecule has 3 aromatic rings. The lowest BCUT2D eigenvalue weighted by Gasteiger charge is -2.27. The molecule has 194 valence electrons. The van der Waals surface area contributed by atoms with Crippen molar-refractivity contribution in [2.75, 3.05) is 41.0 Å². The SMILES string of the molecule is COCCN(CC(=O)N1N=C(c2cccn2C)C[C@H]1c1ccccc1OC)C(=O)c1ccc(OC)cc1. The zero-order valence-corrected chi connectivity index (χ0v) is 21.6. The van der Waals surface area contributed by atoms with Crippen molar-refractivity contribution in [3.63, 3.8) is 0 Å². The Kier molecular flexibility index (Phi) is 8.25. The Hall–Kier alpha value is -4.11. The number of hydrazone groups is 1. The Morgan fingerprint density at radius 1 is 1.00 bits per heavy atom. The van der Waals surface area contributed by atoms with Crippen molar-refractivity contribution in [3.8, 4) is 11.5 Å². The molecule has 0 saturated heterocycles. The van der Waals surface area contributed by atoms with Gasteiger partial charge in [0.1, 0.15) is 18.0 Å². The number of benzene rings is 2. The highest BCUT2D eigenvalue weighted by Crippen LogP contribution is 2.37. The number of rotatable bonds is 10. The van der Waals surface area contributed by atoms with Gasteiger partial charge in [-0.05, 0) is 42.5 Å². The fourth-order valence-corrected chi connectivity index (χ4v) is 4.45. The smallest absolute Gasteiger partial charge is 0.262 e. The summed E-state index contributed by atoms with van der Waals surface area (Å²) >= 11 is 0. The molecule has 1 aliphatic rings. The Bertz CT molecular complexity index is 1270. The maximum atomic E-state index is 13.8. The van der Waals surface area contributed by atoms with Crippen LogP contribution in [0, 0.1) is 0 Å². The van der Waals surface area contributed by atoms with Gasteiger partial charge >= 0.3 is 0 Å². The summed E-state index contributed by atoms with van der Waals surface area (Å²) in [7, 11) is 6.69. The standard InChI is InChI=1S/C28H32N4O5/c1-30-15-7-9-24(30)23-18-25(22-8-5-6-10-26(22)37-4)32(29-23)27(33)19-31(16-17-35-2)28(34)20-11-13-21(36-3)14-12-20/h5-15,25H,16-19H2,1-4H3/t25-/m0/s1. The first kappa shape index (κ1) is 26.0. The second kappa shape index (κ2) is 11.7. The molecule has 0 bridgehead atoms. The summed E-state index contributed by atoms with van der Waals surface area (Å²) in [6.45, 7) is 0.404. The van der Waals surface area contributed by atoms with Gasteiger partial charge in [-0.2, -0.15) is 5.10 Å². The number of methoxy groups -OCH3 is 3. The van der Waals surface area contributed by atoms with E-state index in [0.29, 0.717) is 30.1 Å². The number of aromatic nitrogens is 1. The van der Waals surface area contributed by atoms with Crippen molar-refractivity contribution in [1.82, 2.24) is 14.5 Å². The van der Waals surface area contributed by atoms with Crippen LogP contribution < -0.4 is 9.47 Å². The summed E-state index contributed by atoms with van der Waals surface area (Å²) in [5, 5.41) is 6.24.